The van der Waals surface area contributed by atoms with Crippen LogP contribution in [0.1, 0.15) is 42.3 Å². The van der Waals surface area contributed by atoms with Crippen LogP contribution >= 0.6 is 0 Å². The van der Waals surface area contributed by atoms with Gasteiger partial charge in [0.2, 0.25) is 0 Å². The van der Waals surface area contributed by atoms with Crippen molar-refractivity contribution in [3.8, 4) is 22.9 Å². The number of allylic oxidation sites excluding steroid dienone is 1. The van der Waals surface area contributed by atoms with E-state index in [4.69, 9.17) is 20.2 Å². The first-order valence-corrected chi connectivity index (χ1v) is 17.3. The smallest absolute Gasteiger partial charge is 0.303 e. The van der Waals surface area contributed by atoms with E-state index in [0.717, 1.165) is 11.1 Å². The molecular formula is C36H36F2N6O4S. The number of hydrogen-bond donors (Lipinski definition) is 4. The van der Waals surface area contributed by atoms with Crippen molar-refractivity contribution in [1.29, 1.82) is 5.41 Å². The number of nitrogens with zero attached hydrogens (tertiary/aromatic N) is 3. The van der Waals surface area contributed by atoms with Crippen LogP contribution in [0.2, 0.25) is 0 Å². The fraction of sp³-hybridized carbons (Fsp3) is 0.278. The van der Waals surface area contributed by atoms with E-state index < -0.39 is 34.2 Å². The molecule has 4 bridgehead atoms. The summed E-state index contributed by atoms with van der Waals surface area (Å²) < 4.78 is 52.0. The van der Waals surface area contributed by atoms with Crippen LogP contribution in [0.4, 0.5) is 8.78 Å². The molecule has 254 valence electrons. The number of ether oxygens (including phenoxy) is 1. The summed E-state index contributed by atoms with van der Waals surface area (Å²) in [5, 5.41) is 26.3. The van der Waals surface area contributed by atoms with E-state index in [2.05, 4.69) is 10.3 Å². The van der Waals surface area contributed by atoms with Crippen LogP contribution in [-0.4, -0.2) is 59.1 Å². The molecule has 0 fully saturated rings. The van der Waals surface area contributed by atoms with Gasteiger partial charge in [0.1, 0.15) is 23.1 Å². The Morgan fingerprint density at radius 3 is 2.82 bits per heavy atom. The summed E-state index contributed by atoms with van der Waals surface area (Å²) in [4.78, 5) is 19.1. The van der Waals surface area contributed by atoms with Gasteiger partial charge in [-0.2, -0.15) is 5.10 Å². The van der Waals surface area contributed by atoms with E-state index in [9.17, 15) is 14.5 Å². The van der Waals surface area contributed by atoms with Crippen LogP contribution in [0, 0.1) is 17.0 Å². The van der Waals surface area contributed by atoms with E-state index in [1.165, 1.54) is 28.9 Å². The maximum Gasteiger partial charge on any atom is 0.303 e. The number of aryl methyl sites for hydroxylation is 2. The number of carbonyl (C=O) groups is 1. The highest BCUT2D eigenvalue weighted by Crippen LogP contribution is 2.39. The number of aromatic nitrogens is 4. The Bertz CT molecular complexity index is 2060. The van der Waals surface area contributed by atoms with Gasteiger partial charge in [0.25, 0.3) is 0 Å². The molecule has 6 rings (SSSR count). The van der Waals surface area contributed by atoms with Crippen molar-refractivity contribution in [2.75, 3.05) is 18.1 Å². The summed E-state index contributed by atoms with van der Waals surface area (Å²) in [5.74, 6) is -0.790. The fourth-order valence-electron chi connectivity index (χ4n) is 6.01. The van der Waals surface area contributed by atoms with Crippen molar-refractivity contribution in [1.82, 2.24) is 25.1 Å². The second-order valence-corrected chi connectivity index (χ2v) is 13.9. The molecule has 2 unspecified atom stereocenters. The lowest BCUT2D eigenvalue weighted by molar-refractivity contribution is -0.136. The average Bonchev–Trinajstić information content (AvgIpc) is 3.71. The summed E-state index contributed by atoms with van der Waals surface area (Å²) >= 11 is -1.23. The van der Waals surface area contributed by atoms with E-state index in [1.807, 2.05) is 31.2 Å². The lowest BCUT2D eigenvalue weighted by Crippen LogP contribution is -2.31. The highest BCUT2D eigenvalue weighted by molar-refractivity contribution is 7.91. The molecule has 0 radical (unpaired) electrons. The number of benzene rings is 3. The Hall–Kier alpha value is -5.01. The van der Waals surface area contributed by atoms with Crippen LogP contribution in [-0.2, 0) is 41.3 Å². The van der Waals surface area contributed by atoms with Crippen LogP contribution in [0.3, 0.4) is 0 Å². The number of fused-ring (bicyclic) bond motifs is 8. The summed E-state index contributed by atoms with van der Waals surface area (Å²) in [5.41, 5.74) is 2.04. The average molecular weight is 687 g/mol. The van der Waals surface area contributed by atoms with Crippen molar-refractivity contribution in [2.45, 2.75) is 38.0 Å². The molecule has 0 saturated carbocycles. The van der Waals surface area contributed by atoms with Gasteiger partial charge >= 0.3 is 5.97 Å². The fourth-order valence-corrected chi connectivity index (χ4v) is 7.20. The van der Waals surface area contributed by atoms with E-state index >= 15 is 8.78 Å². The zero-order valence-corrected chi connectivity index (χ0v) is 27.9. The number of carboxylic acids is 1. The van der Waals surface area contributed by atoms with Crippen LogP contribution < -0.4 is 10.1 Å². The number of aliphatic carboxylic acids is 1. The molecule has 3 aromatic carbocycles. The molecule has 0 amide bonds. The third-order valence-electron chi connectivity index (χ3n) is 8.79. The van der Waals surface area contributed by atoms with Crippen LogP contribution in [0.25, 0.3) is 22.3 Å². The van der Waals surface area contributed by atoms with Gasteiger partial charge in [0.15, 0.2) is 23.2 Å². The van der Waals surface area contributed by atoms with Gasteiger partial charge in [0.05, 0.1) is 17.5 Å². The quantitative estimate of drug-likeness (QED) is 0.165. The molecule has 10 nitrogen and oxygen atoms in total. The maximum atomic E-state index is 15.6. The molecule has 2 aromatic heterocycles. The molecule has 4 N–H and O–H groups in total. The van der Waals surface area contributed by atoms with E-state index in [1.54, 1.807) is 31.6 Å². The monoisotopic (exact) mass is 686 g/mol. The third kappa shape index (κ3) is 7.37. The molecule has 0 aliphatic carbocycles. The zero-order valence-electron chi connectivity index (χ0n) is 27.1. The molecule has 5 aromatic rings. The van der Waals surface area contributed by atoms with Gasteiger partial charge in [-0.25, -0.2) is 18.4 Å². The van der Waals surface area contributed by atoms with Gasteiger partial charge in [-0.05, 0) is 61.0 Å². The minimum Gasteiger partial charge on any atom is -0.616 e. The Labute approximate surface area is 284 Å². The molecule has 2 atom stereocenters. The Morgan fingerprint density at radius 2 is 2.00 bits per heavy atom. The lowest BCUT2D eigenvalue weighted by atomic mass is 9.78. The number of H-pyrrole nitrogens is 1. The van der Waals surface area contributed by atoms with Crippen molar-refractivity contribution < 1.29 is 28.0 Å². The predicted octanol–water partition coefficient (Wildman–Crippen LogP) is 6.18. The van der Waals surface area contributed by atoms with Gasteiger partial charge in [-0.3, -0.25) is 4.79 Å². The van der Waals surface area contributed by atoms with E-state index in [-0.39, 0.29) is 41.4 Å². The number of hydrogen-bond acceptors (Lipinski definition) is 7. The molecule has 13 heteroatoms. The number of carboxylic acid groups (broad SMARTS) is 1. The summed E-state index contributed by atoms with van der Waals surface area (Å²) in [6.07, 6.45) is 5.63. The first-order valence-electron chi connectivity index (χ1n) is 15.8. The number of halogens is 2. The van der Waals surface area contributed by atoms with Gasteiger partial charge in [0, 0.05) is 60.8 Å². The predicted molar refractivity (Wildman–Crippen MR) is 185 cm³/mol. The van der Waals surface area contributed by atoms with Gasteiger partial charge < -0.3 is 30.1 Å². The number of nitrogens with one attached hydrogen (secondary N) is 3. The Balaban J connectivity index is 1.46. The summed E-state index contributed by atoms with van der Waals surface area (Å²) in [6, 6.07) is 14.7. The van der Waals surface area contributed by atoms with Gasteiger partial charge in [-0.15, -0.1) is 0 Å². The van der Waals surface area contributed by atoms with Crippen LogP contribution in [0.5, 0.6) is 11.5 Å². The SMILES string of the molecule is Cn1nc2nc1-c1cc(ccc1F)Oc1c(F)cc3[nH]ccc3c1CC(=N)/C=C\NCC[S+]([O-])CCC2(C)c1cccc(CCC(=O)O)c1. The second-order valence-electron chi connectivity index (χ2n) is 12.2. The lowest BCUT2D eigenvalue weighted by Gasteiger charge is -2.28. The van der Waals surface area contributed by atoms with E-state index in [0.29, 0.717) is 53.2 Å². The Kier molecular flexibility index (Phi) is 9.84. The molecule has 49 heavy (non-hydrogen) atoms. The first-order chi connectivity index (χ1) is 23.5. The highest BCUT2D eigenvalue weighted by Gasteiger charge is 2.36. The zero-order chi connectivity index (χ0) is 34.7. The minimum absolute atomic E-state index is 0.0286. The van der Waals surface area contributed by atoms with Crippen molar-refractivity contribution in [3.05, 3.63) is 107 Å². The third-order valence-corrected chi connectivity index (χ3v) is 10.1. The molecular weight excluding hydrogens is 650 g/mol. The normalized spacial score (nSPS) is 19.4. The first kappa shape index (κ1) is 33.9. The molecule has 1 aliphatic rings. The minimum atomic E-state index is -1.23. The molecule has 3 heterocycles. The maximum absolute atomic E-state index is 15.6. The number of aromatic amines is 1. The molecule has 1 aliphatic heterocycles. The highest BCUT2D eigenvalue weighted by atomic mass is 32.2. The van der Waals surface area contributed by atoms with Crippen molar-refractivity contribution >= 4 is 33.8 Å². The molecule has 0 spiro atoms. The second kappa shape index (κ2) is 14.2. The summed E-state index contributed by atoms with van der Waals surface area (Å²) in [7, 11) is 1.65. The van der Waals surface area contributed by atoms with Crippen molar-refractivity contribution in [3.63, 3.8) is 0 Å². The van der Waals surface area contributed by atoms with Crippen molar-refractivity contribution in [2.24, 2.45) is 7.05 Å². The topological polar surface area (TPSA) is 152 Å². The standard InChI is InChI=1S/C36H36F2N6O4S/c1-36(23-5-3-4-22(18-23)6-9-32(45)46)12-16-49(47)17-15-40-13-10-24(39)19-27-26-11-14-41-31(26)21-30(38)33(27)48-25-7-8-29(37)28(20-25)34-42-35(36)43-44(34)2/h3-5,7-8,10-11,13-14,18,20-21,39-41H,6,9,12,15-17,19H2,1-2H3,(H,45,46)/b13-10-,39-24?. The summed E-state index contributed by atoms with van der Waals surface area (Å²) in [6.45, 7) is 2.34. The van der Waals surface area contributed by atoms with Gasteiger partial charge in [-0.1, -0.05) is 35.4 Å². The van der Waals surface area contributed by atoms with Crippen LogP contribution in [0.15, 0.2) is 73.1 Å². The largest absolute Gasteiger partial charge is 0.616 e. The Morgan fingerprint density at radius 1 is 1.16 bits per heavy atom. The molecule has 0 saturated heterocycles. The number of rotatable bonds is 4.